The van der Waals surface area contributed by atoms with Gasteiger partial charge in [0.1, 0.15) is 0 Å². The molecule has 4 aliphatic rings. The molecule has 4 aliphatic carbocycles. The average Bonchev–Trinajstić information content (AvgIpc) is 2.97. The molecule has 1 N–H and O–H groups in total. The zero-order valence-corrected chi connectivity index (χ0v) is 27.8. The molecule has 0 aromatic carbocycles. The van der Waals surface area contributed by atoms with E-state index in [9.17, 15) is 5.11 Å². The van der Waals surface area contributed by atoms with Crippen LogP contribution in [0.2, 0.25) is 36.3 Å². The van der Waals surface area contributed by atoms with E-state index in [1.54, 1.807) is 5.57 Å². The minimum Gasteiger partial charge on any atom is -0.414 e. The normalized spacial score (nSPS) is 41.9. The van der Waals surface area contributed by atoms with Crippen LogP contribution in [0.25, 0.3) is 0 Å². The third-order valence-corrected chi connectivity index (χ3v) is 21.4. The number of aliphatic hydroxyl groups is 1. The van der Waals surface area contributed by atoms with E-state index in [0.717, 1.165) is 32.1 Å². The van der Waals surface area contributed by atoms with Crippen LogP contribution < -0.4 is 0 Å². The SMILES string of the molecule is CC(C)(C)[Si](C)(C)O[C@H]1C[C@@H](O[Si](C)(C)C(C)(C)C)[C@@H]2[C@@H]3CC=C4C[C@@H](O)CC[C@]4(C)[C@@H]3CC[C@@]21C. The van der Waals surface area contributed by atoms with E-state index in [4.69, 9.17) is 8.85 Å². The molecule has 0 amide bonds. The molecule has 5 heteroatoms. The summed E-state index contributed by atoms with van der Waals surface area (Å²) in [5, 5.41) is 10.9. The Morgan fingerprint density at radius 2 is 1.47 bits per heavy atom. The molecule has 0 heterocycles. The van der Waals surface area contributed by atoms with Crippen molar-refractivity contribution in [2.45, 2.75) is 155 Å². The third-order valence-electron chi connectivity index (χ3n) is 12.5. The molecular weight excluding hydrogens is 477 g/mol. The van der Waals surface area contributed by atoms with Gasteiger partial charge in [-0.15, -0.1) is 0 Å². The first-order valence-electron chi connectivity index (χ1n) is 15.0. The van der Waals surface area contributed by atoms with Crippen molar-refractivity contribution in [2.75, 3.05) is 0 Å². The molecule has 4 rings (SSSR count). The quantitative estimate of drug-likeness (QED) is 0.289. The topological polar surface area (TPSA) is 38.7 Å². The van der Waals surface area contributed by atoms with Crippen LogP contribution in [0.3, 0.4) is 0 Å². The van der Waals surface area contributed by atoms with Crippen LogP contribution in [0, 0.1) is 28.6 Å². The summed E-state index contributed by atoms with van der Waals surface area (Å²) in [7, 11) is -3.81. The Kier molecular flexibility index (Phi) is 7.29. The van der Waals surface area contributed by atoms with Crippen molar-refractivity contribution in [1.29, 1.82) is 0 Å². The van der Waals surface area contributed by atoms with E-state index >= 15 is 0 Å². The summed E-state index contributed by atoms with van der Waals surface area (Å²) in [4.78, 5) is 0. The highest BCUT2D eigenvalue weighted by molar-refractivity contribution is 6.74. The highest BCUT2D eigenvalue weighted by Gasteiger charge is 2.64. The van der Waals surface area contributed by atoms with Crippen LogP contribution in [0.5, 0.6) is 0 Å². The molecule has 3 saturated carbocycles. The Labute approximate surface area is 225 Å². The van der Waals surface area contributed by atoms with Crippen LogP contribution in [0.4, 0.5) is 0 Å². The zero-order valence-electron chi connectivity index (χ0n) is 25.8. The second-order valence-electron chi connectivity index (χ2n) is 16.6. The summed E-state index contributed by atoms with van der Waals surface area (Å²) in [5.74, 6) is 1.93. The highest BCUT2D eigenvalue weighted by atomic mass is 28.4. The van der Waals surface area contributed by atoms with Gasteiger partial charge in [0.05, 0.1) is 18.3 Å². The molecule has 0 unspecified atom stereocenters. The van der Waals surface area contributed by atoms with Gasteiger partial charge >= 0.3 is 0 Å². The number of allylic oxidation sites excluding steroid dienone is 1. The first kappa shape index (κ1) is 29.0. The predicted octanol–water partition coefficient (Wildman–Crippen LogP) is 8.70. The van der Waals surface area contributed by atoms with Crippen molar-refractivity contribution >= 4 is 16.6 Å². The summed E-state index contributed by atoms with van der Waals surface area (Å²) in [5.41, 5.74) is 1.99. The van der Waals surface area contributed by atoms with Crippen LogP contribution in [-0.4, -0.2) is 40.1 Å². The van der Waals surface area contributed by atoms with Gasteiger partial charge in [0, 0.05) is 0 Å². The van der Waals surface area contributed by atoms with Crippen LogP contribution in [0.1, 0.15) is 100 Å². The van der Waals surface area contributed by atoms with Crippen molar-refractivity contribution in [1.82, 2.24) is 0 Å². The van der Waals surface area contributed by atoms with Gasteiger partial charge in [-0.3, -0.25) is 0 Å². The van der Waals surface area contributed by atoms with E-state index < -0.39 is 16.6 Å². The highest BCUT2D eigenvalue weighted by Crippen LogP contribution is 2.66. The van der Waals surface area contributed by atoms with Crippen LogP contribution in [-0.2, 0) is 8.85 Å². The van der Waals surface area contributed by atoms with E-state index in [2.05, 4.69) is 87.7 Å². The van der Waals surface area contributed by atoms with Gasteiger partial charge in [-0.05, 0) is 110 Å². The van der Waals surface area contributed by atoms with Crippen molar-refractivity contribution < 1.29 is 14.0 Å². The van der Waals surface area contributed by atoms with Crippen LogP contribution in [0.15, 0.2) is 11.6 Å². The molecule has 3 nitrogen and oxygen atoms in total. The summed E-state index contributed by atoms with van der Waals surface area (Å²) in [6.45, 7) is 29.1. The average molecular weight is 535 g/mol. The fourth-order valence-electron chi connectivity index (χ4n) is 8.02. The molecule has 8 atom stereocenters. The van der Waals surface area contributed by atoms with Crippen LogP contribution >= 0.6 is 0 Å². The molecule has 0 bridgehead atoms. The number of aliphatic hydroxyl groups excluding tert-OH is 1. The molecule has 36 heavy (non-hydrogen) atoms. The minimum absolute atomic E-state index is 0.141. The second kappa shape index (κ2) is 9.04. The Bertz CT molecular complexity index is 866. The molecule has 0 spiro atoms. The maximum atomic E-state index is 10.4. The Morgan fingerprint density at radius 3 is 2.06 bits per heavy atom. The van der Waals surface area contributed by atoms with E-state index in [0.29, 0.717) is 30.0 Å². The minimum atomic E-state index is -1.92. The summed E-state index contributed by atoms with van der Waals surface area (Å²) < 4.78 is 14.7. The lowest BCUT2D eigenvalue weighted by Crippen LogP contribution is -2.55. The largest absolute Gasteiger partial charge is 0.414 e. The molecule has 3 fully saturated rings. The molecule has 0 saturated heterocycles. The number of rotatable bonds is 4. The first-order chi connectivity index (χ1) is 16.2. The van der Waals surface area contributed by atoms with Gasteiger partial charge in [0.2, 0.25) is 0 Å². The van der Waals surface area contributed by atoms with Gasteiger partial charge in [-0.2, -0.15) is 0 Å². The maximum absolute atomic E-state index is 10.4. The van der Waals surface area contributed by atoms with Crippen molar-refractivity contribution in [3.8, 4) is 0 Å². The lowest BCUT2D eigenvalue weighted by Gasteiger charge is -2.59. The third kappa shape index (κ3) is 4.69. The first-order valence-corrected chi connectivity index (χ1v) is 20.8. The summed E-state index contributed by atoms with van der Waals surface area (Å²) in [6.07, 6.45) is 10.8. The molecular formula is C31H58O3Si2. The van der Waals surface area contributed by atoms with Gasteiger partial charge in [0.15, 0.2) is 16.6 Å². The molecule has 0 aromatic rings. The van der Waals surface area contributed by atoms with Crippen molar-refractivity contribution in [3.05, 3.63) is 11.6 Å². The second-order valence-corrected chi connectivity index (χ2v) is 26.2. The van der Waals surface area contributed by atoms with Gasteiger partial charge in [-0.25, -0.2) is 0 Å². The molecule has 0 aromatic heterocycles. The standard InChI is InChI=1S/C31H58O3Si2/c1-28(2,3)35(9,10)33-25-20-26(34-36(11,12)29(4,5)6)31(8)18-16-24-23(27(25)31)14-13-21-19-22(32)15-17-30(21,24)7/h13,22-27,32H,14-20H2,1-12H3/t22-,23+,24+,25+,26-,27-,30-,31+/m0/s1. The van der Waals surface area contributed by atoms with E-state index in [1.807, 2.05) is 0 Å². The lowest BCUT2D eigenvalue weighted by molar-refractivity contribution is -0.0858. The number of hydrogen-bond acceptors (Lipinski definition) is 3. The van der Waals surface area contributed by atoms with Gasteiger partial charge in [-0.1, -0.05) is 67.0 Å². The van der Waals surface area contributed by atoms with Gasteiger partial charge < -0.3 is 14.0 Å². The zero-order chi connectivity index (χ0) is 27.1. The number of hydrogen-bond donors (Lipinski definition) is 1. The fourth-order valence-corrected chi connectivity index (χ4v) is 10.8. The lowest BCUT2D eigenvalue weighted by atomic mass is 9.47. The maximum Gasteiger partial charge on any atom is 0.192 e. The van der Waals surface area contributed by atoms with Crippen molar-refractivity contribution in [3.63, 3.8) is 0 Å². The van der Waals surface area contributed by atoms with Gasteiger partial charge in [0.25, 0.3) is 0 Å². The monoisotopic (exact) mass is 534 g/mol. The summed E-state index contributed by atoms with van der Waals surface area (Å²) in [6, 6.07) is 0. The van der Waals surface area contributed by atoms with Crippen molar-refractivity contribution in [2.24, 2.45) is 28.6 Å². The van der Waals surface area contributed by atoms with E-state index in [1.165, 1.54) is 12.8 Å². The molecule has 0 aliphatic heterocycles. The smallest absolute Gasteiger partial charge is 0.192 e. The van der Waals surface area contributed by atoms with E-state index in [-0.39, 0.29) is 27.0 Å². The molecule has 0 radical (unpaired) electrons. The Morgan fingerprint density at radius 1 is 0.889 bits per heavy atom. The summed E-state index contributed by atoms with van der Waals surface area (Å²) >= 11 is 0. The Balaban J connectivity index is 1.72. The fraction of sp³-hybridized carbons (Fsp3) is 0.935. The predicted molar refractivity (Wildman–Crippen MR) is 157 cm³/mol. The molecule has 208 valence electrons. The number of fused-ring (bicyclic) bond motifs is 5. The Hall–Kier alpha value is 0.0538.